The second kappa shape index (κ2) is 10.7. The molecule has 0 saturated heterocycles. The molecular weight excluding hydrogens is 429 g/mol. The van der Waals surface area contributed by atoms with E-state index >= 15 is 0 Å². The zero-order valence-electron chi connectivity index (χ0n) is 14.8. The Kier molecular flexibility index (Phi) is 11.3. The van der Waals surface area contributed by atoms with Crippen LogP contribution in [0.2, 0.25) is 0 Å². The zero-order chi connectivity index (χ0) is 20.4. The number of hydrogen-bond donors (Lipinski definition) is 0. The minimum atomic E-state index is -10.7. The standard InChI is InChI=1S/C14H18.C5H5.F6P.Fe/c1-4-11-14(3,12-5-2)13-9-7-6-8-10-13;1-2-4-5-3-1;1-7(2,3,4,5)6;/h4-10H,1-2,11-12H2,3H3;1-5H;;/q;;-1;+2. The maximum atomic E-state index is 9.87. The first-order chi connectivity index (χ1) is 11.7. The van der Waals surface area contributed by atoms with E-state index in [4.69, 9.17) is 0 Å². The van der Waals surface area contributed by atoms with E-state index < -0.39 is 7.81 Å². The van der Waals surface area contributed by atoms with Gasteiger partial charge in [0, 0.05) is 0 Å². The minimum Gasteiger partial charge on any atom is -0.0312 e. The molecule has 0 atom stereocenters. The Morgan fingerprint density at radius 1 is 0.778 bits per heavy atom. The molecule has 0 aliphatic heterocycles. The molecule has 0 amide bonds. The number of allylic oxidation sites excluding steroid dienone is 2. The van der Waals surface area contributed by atoms with Gasteiger partial charge < -0.3 is 0 Å². The maximum Gasteiger partial charge on any atom is 2.00 e. The molecule has 0 unspecified atom stereocenters. The van der Waals surface area contributed by atoms with Crippen LogP contribution >= 0.6 is 7.81 Å². The third kappa shape index (κ3) is 19.8. The first-order valence-corrected chi connectivity index (χ1v) is 9.71. The van der Waals surface area contributed by atoms with Gasteiger partial charge in [-0.1, -0.05) is 49.4 Å². The molecule has 1 aromatic rings. The quantitative estimate of drug-likeness (QED) is 0.182. The van der Waals surface area contributed by atoms with Gasteiger partial charge in [0.25, 0.3) is 0 Å². The molecule has 0 aromatic heterocycles. The van der Waals surface area contributed by atoms with Crippen molar-refractivity contribution >= 4 is 7.81 Å². The number of hydrogen-bond acceptors (Lipinski definition) is 0. The van der Waals surface area contributed by atoms with E-state index in [0.717, 1.165) is 12.8 Å². The third-order valence-electron chi connectivity index (χ3n) is 3.22. The maximum absolute atomic E-state index is 10.7. The van der Waals surface area contributed by atoms with Crippen molar-refractivity contribution in [3.63, 3.8) is 0 Å². The summed E-state index contributed by atoms with van der Waals surface area (Å²) in [4.78, 5) is 0. The van der Waals surface area contributed by atoms with Gasteiger partial charge in [0.1, 0.15) is 0 Å². The molecule has 1 aliphatic rings. The smallest absolute Gasteiger partial charge is 0.0312 e. The average Bonchev–Trinajstić information content (AvgIpc) is 3.05. The van der Waals surface area contributed by atoms with Crippen LogP contribution in [0.25, 0.3) is 0 Å². The van der Waals surface area contributed by atoms with Crippen LogP contribution in [0.5, 0.6) is 0 Å². The summed E-state index contributed by atoms with van der Waals surface area (Å²) in [6.07, 6.45) is 15.9. The van der Waals surface area contributed by atoms with Gasteiger partial charge in [0.2, 0.25) is 0 Å². The molecule has 0 heterocycles. The fraction of sp³-hybridized carbons (Fsp3) is 0.211. The molecule has 1 saturated carbocycles. The van der Waals surface area contributed by atoms with Gasteiger partial charge in [-0.2, -0.15) is 0 Å². The molecule has 1 aromatic carbocycles. The van der Waals surface area contributed by atoms with Gasteiger partial charge in [-0.25, -0.2) is 0 Å². The molecule has 1 aliphatic carbocycles. The van der Waals surface area contributed by atoms with Crippen LogP contribution in [-0.2, 0) is 22.5 Å². The second-order valence-electron chi connectivity index (χ2n) is 5.83. The van der Waals surface area contributed by atoms with Gasteiger partial charge in [0.15, 0.2) is 0 Å². The van der Waals surface area contributed by atoms with Crippen molar-refractivity contribution in [2.75, 3.05) is 0 Å². The average molecular weight is 452 g/mol. The molecule has 0 nitrogen and oxygen atoms in total. The SMILES string of the molecule is C=CCC(C)(CC=C)c1ccccc1.F[P-](F)(F)(F)(F)F.[CH]1[CH][CH][CH][CH]1.[Fe+2]. The molecule has 0 spiro atoms. The van der Waals surface area contributed by atoms with Crippen molar-refractivity contribution < 1.29 is 42.3 Å². The Hall–Kier alpha value is -0.771. The Morgan fingerprint density at radius 2 is 1.07 bits per heavy atom. The van der Waals surface area contributed by atoms with Gasteiger partial charge in [-0.05, 0) is 55.9 Å². The van der Waals surface area contributed by atoms with Crippen LogP contribution < -0.4 is 0 Å². The molecule has 8 heteroatoms. The molecular formula is C19H23F6FeP+. The predicted molar refractivity (Wildman–Crippen MR) is 98.5 cm³/mol. The molecule has 27 heavy (non-hydrogen) atoms. The van der Waals surface area contributed by atoms with E-state index in [1.807, 2.05) is 50.3 Å². The normalized spacial score (nSPS) is 16.1. The first kappa shape index (κ1) is 28.4. The Bertz CT molecular complexity index is 521. The first-order valence-electron chi connectivity index (χ1n) is 7.68. The van der Waals surface area contributed by atoms with Crippen molar-refractivity contribution in [1.29, 1.82) is 0 Å². The Labute approximate surface area is 168 Å². The van der Waals surface area contributed by atoms with Crippen LogP contribution in [0, 0.1) is 32.1 Å². The van der Waals surface area contributed by atoms with Crippen LogP contribution in [0.3, 0.4) is 0 Å². The summed E-state index contributed by atoms with van der Waals surface area (Å²) < 4.78 is 59.2. The summed E-state index contributed by atoms with van der Waals surface area (Å²) in [7, 11) is -10.7. The summed E-state index contributed by atoms with van der Waals surface area (Å²) in [5.74, 6) is 0. The number of halogens is 6. The molecule has 2 rings (SSSR count). The van der Waals surface area contributed by atoms with Gasteiger partial charge in [0.05, 0.1) is 0 Å². The molecule has 0 bridgehead atoms. The fourth-order valence-corrected chi connectivity index (χ4v) is 2.12. The van der Waals surface area contributed by atoms with E-state index in [-0.39, 0.29) is 22.5 Å². The van der Waals surface area contributed by atoms with Crippen LogP contribution in [-0.4, -0.2) is 0 Å². The minimum absolute atomic E-state index is 0. The van der Waals surface area contributed by atoms with E-state index in [1.54, 1.807) is 0 Å². The summed E-state index contributed by atoms with van der Waals surface area (Å²) in [6.45, 7) is 9.89. The van der Waals surface area contributed by atoms with Crippen molar-refractivity contribution in [1.82, 2.24) is 0 Å². The number of rotatable bonds is 5. The predicted octanol–water partition coefficient (Wildman–Crippen LogP) is 8.50. The molecule has 153 valence electrons. The Morgan fingerprint density at radius 3 is 1.33 bits per heavy atom. The monoisotopic (exact) mass is 452 g/mol. The van der Waals surface area contributed by atoms with Crippen molar-refractivity contribution in [3.8, 4) is 0 Å². The van der Waals surface area contributed by atoms with E-state index in [0.29, 0.717) is 0 Å². The van der Waals surface area contributed by atoms with Crippen LogP contribution in [0.1, 0.15) is 25.3 Å². The number of benzene rings is 1. The van der Waals surface area contributed by atoms with Crippen molar-refractivity contribution in [2.24, 2.45) is 0 Å². The summed E-state index contributed by atoms with van der Waals surface area (Å²) in [5.41, 5.74) is 1.52. The fourth-order valence-electron chi connectivity index (χ4n) is 2.12. The van der Waals surface area contributed by atoms with Crippen LogP contribution in [0.4, 0.5) is 25.2 Å². The van der Waals surface area contributed by atoms with Crippen molar-refractivity contribution in [3.05, 3.63) is 93.3 Å². The van der Waals surface area contributed by atoms with E-state index in [2.05, 4.69) is 44.3 Å². The summed E-state index contributed by atoms with van der Waals surface area (Å²) >= 11 is 0. The molecule has 0 N–H and O–H groups in total. The van der Waals surface area contributed by atoms with E-state index in [1.165, 1.54) is 5.56 Å². The third-order valence-corrected chi connectivity index (χ3v) is 3.22. The van der Waals surface area contributed by atoms with Crippen LogP contribution in [0.15, 0.2) is 55.6 Å². The van der Waals surface area contributed by atoms with Gasteiger partial charge in [-0.3, -0.25) is 0 Å². The Balaban J connectivity index is 0. The second-order valence-corrected chi connectivity index (χ2v) is 7.75. The van der Waals surface area contributed by atoms with Gasteiger partial charge in [-0.15, -0.1) is 13.2 Å². The molecule has 1 fully saturated rings. The van der Waals surface area contributed by atoms with Crippen molar-refractivity contribution in [2.45, 2.75) is 25.2 Å². The zero-order valence-corrected chi connectivity index (χ0v) is 16.8. The molecule has 5 radical (unpaired) electrons. The topological polar surface area (TPSA) is 0 Å². The largest absolute Gasteiger partial charge is 2.00 e. The van der Waals surface area contributed by atoms with Gasteiger partial charge >= 0.3 is 50.1 Å². The van der Waals surface area contributed by atoms with E-state index in [9.17, 15) is 25.2 Å². The summed E-state index contributed by atoms with van der Waals surface area (Å²) in [5, 5.41) is 0. The summed E-state index contributed by atoms with van der Waals surface area (Å²) in [6, 6.07) is 10.6.